The zero-order valence-corrected chi connectivity index (χ0v) is 18.2. The van der Waals surface area contributed by atoms with Gasteiger partial charge < -0.3 is 9.84 Å². The normalized spacial score (nSPS) is 11.2. The standard InChI is InChI=1S/C25H19N5O5/c31-23-13-12-19(27-28-21-9-5-7-17-6-1-2-8-20(17)21)14-18(23)15-26-29-25(32)16-35-24-11-4-3-10-22(24)30(33)34/h1-15,31H,16H2,(H,29,32). The molecule has 2 N–H and O–H groups in total. The van der Waals surface area contributed by atoms with Crippen molar-refractivity contribution in [3.05, 3.63) is 101 Å². The number of carbonyl (C=O) groups is 1. The van der Waals surface area contributed by atoms with E-state index >= 15 is 0 Å². The molecule has 0 aliphatic rings. The maximum Gasteiger partial charge on any atom is 0.310 e. The van der Waals surface area contributed by atoms with Gasteiger partial charge in [0.25, 0.3) is 5.91 Å². The number of amides is 1. The molecule has 0 aliphatic heterocycles. The Morgan fingerprint density at radius 1 is 1.00 bits per heavy atom. The van der Waals surface area contributed by atoms with E-state index in [0.29, 0.717) is 16.9 Å². The van der Waals surface area contributed by atoms with E-state index in [2.05, 4.69) is 20.8 Å². The SMILES string of the molecule is O=C(COc1ccccc1[N+](=O)[O-])NN=Cc1cc(N=Nc2cccc3ccccc23)ccc1O. The van der Waals surface area contributed by atoms with Crippen LogP contribution in [0, 0.1) is 10.1 Å². The third-order valence-corrected chi connectivity index (χ3v) is 4.86. The molecule has 0 bridgehead atoms. The van der Waals surface area contributed by atoms with Crippen molar-refractivity contribution in [1.29, 1.82) is 0 Å². The average Bonchev–Trinajstić information content (AvgIpc) is 2.87. The van der Waals surface area contributed by atoms with E-state index in [4.69, 9.17) is 4.74 Å². The summed E-state index contributed by atoms with van der Waals surface area (Å²) < 4.78 is 5.21. The summed E-state index contributed by atoms with van der Waals surface area (Å²) in [4.78, 5) is 22.4. The molecule has 4 rings (SSSR count). The fourth-order valence-corrected chi connectivity index (χ4v) is 3.19. The maximum absolute atomic E-state index is 12.0. The number of aromatic hydroxyl groups is 1. The highest BCUT2D eigenvalue weighted by Gasteiger charge is 2.14. The molecular formula is C25H19N5O5. The van der Waals surface area contributed by atoms with E-state index in [9.17, 15) is 20.0 Å². The zero-order valence-electron chi connectivity index (χ0n) is 18.2. The summed E-state index contributed by atoms with van der Waals surface area (Å²) in [6.07, 6.45) is 1.25. The first kappa shape index (κ1) is 23.1. The molecule has 0 saturated heterocycles. The minimum atomic E-state index is -0.634. The van der Waals surface area contributed by atoms with Crippen molar-refractivity contribution in [2.45, 2.75) is 0 Å². The minimum Gasteiger partial charge on any atom is -0.507 e. The van der Waals surface area contributed by atoms with Gasteiger partial charge in [-0.1, -0.05) is 48.5 Å². The van der Waals surface area contributed by atoms with Crippen LogP contribution in [0.5, 0.6) is 11.5 Å². The number of para-hydroxylation sites is 2. The highest BCUT2D eigenvalue weighted by atomic mass is 16.6. The van der Waals surface area contributed by atoms with Crippen LogP contribution in [0.15, 0.2) is 100 Å². The highest BCUT2D eigenvalue weighted by Crippen LogP contribution is 2.29. The van der Waals surface area contributed by atoms with Crippen LogP contribution < -0.4 is 10.2 Å². The summed E-state index contributed by atoms with van der Waals surface area (Å²) in [7, 11) is 0. The number of nitrogens with zero attached hydrogens (tertiary/aromatic N) is 4. The van der Waals surface area contributed by atoms with Crippen molar-refractivity contribution < 1.29 is 19.6 Å². The predicted molar refractivity (Wildman–Crippen MR) is 131 cm³/mol. The van der Waals surface area contributed by atoms with Gasteiger partial charge in [0.05, 0.1) is 22.5 Å². The van der Waals surface area contributed by atoms with Gasteiger partial charge in [-0.2, -0.15) is 10.2 Å². The summed E-state index contributed by atoms with van der Waals surface area (Å²) in [5, 5.41) is 35.5. The molecule has 0 atom stereocenters. The largest absolute Gasteiger partial charge is 0.507 e. The molecule has 4 aromatic rings. The minimum absolute atomic E-state index is 0.0291. The molecule has 0 radical (unpaired) electrons. The van der Waals surface area contributed by atoms with Gasteiger partial charge in [0.15, 0.2) is 12.4 Å². The number of hydrogen-bond donors (Lipinski definition) is 2. The summed E-state index contributed by atoms with van der Waals surface area (Å²) in [5.41, 5.74) is 3.48. The summed E-state index contributed by atoms with van der Waals surface area (Å²) in [6.45, 7) is -0.479. The van der Waals surface area contributed by atoms with E-state index in [1.54, 1.807) is 18.2 Å². The predicted octanol–water partition coefficient (Wildman–Crippen LogP) is 5.40. The van der Waals surface area contributed by atoms with Crippen LogP contribution in [0.4, 0.5) is 17.1 Å². The number of hydrazone groups is 1. The Bertz CT molecular complexity index is 1450. The Kier molecular flexibility index (Phi) is 7.02. The Hall–Kier alpha value is -5.12. The average molecular weight is 469 g/mol. The second kappa shape index (κ2) is 10.7. The molecule has 0 spiro atoms. The number of nitro groups is 1. The Labute approximate surface area is 199 Å². The Morgan fingerprint density at radius 3 is 2.63 bits per heavy atom. The summed E-state index contributed by atoms with van der Waals surface area (Å²) in [5.74, 6) is -0.729. The van der Waals surface area contributed by atoms with Crippen molar-refractivity contribution in [2.24, 2.45) is 15.3 Å². The maximum atomic E-state index is 12.0. The summed E-state index contributed by atoms with van der Waals surface area (Å²) in [6, 6.07) is 23.9. The molecule has 10 nitrogen and oxygen atoms in total. The Morgan fingerprint density at radius 2 is 1.77 bits per heavy atom. The number of rotatable bonds is 8. The quantitative estimate of drug-likeness (QED) is 0.154. The van der Waals surface area contributed by atoms with Crippen LogP contribution in [0.1, 0.15) is 5.56 Å². The molecule has 0 heterocycles. The number of nitro benzene ring substituents is 1. The van der Waals surface area contributed by atoms with Gasteiger partial charge in [-0.25, -0.2) is 5.43 Å². The smallest absolute Gasteiger partial charge is 0.310 e. The number of ether oxygens (including phenoxy) is 1. The zero-order chi connectivity index (χ0) is 24.6. The molecule has 0 fully saturated rings. The highest BCUT2D eigenvalue weighted by molar-refractivity contribution is 5.92. The molecule has 0 unspecified atom stereocenters. The lowest BCUT2D eigenvalue weighted by Gasteiger charge is -2.05. The molecule has 35 heavy (non-hydrogen) atoms. The van der Waals surface area contributed by atoms with Crippen LogP contribution in [0.2, 0.25) is 0 Å². The van der Waals surface area contributed by atoms with Crippen LogP contribution in [-0.4, -0.2) is 28.8 Å². The van der Waals surface area contributed by atoms with Gasteiger partial charge in [-0.3, -0.25) is 14.9 Å². The molecule has 4 aromatic carbocycles. The van der Waals surface area contributed by atoms with Crippen molar-refractivity contribution in [3.8, 4) is 11.5 Å². The van der Waals surface area contributed by atoms with E-state index in [1.165, 1.54) is 30.5 Å². The summed E-state index contributed by atoms with van der Waals surface area (Å²) >= 11 is 0. The molecule has 1 amide bonds. The number of hydrogen-bond acceptors (Lipinski definition) is 8. The lowest BCUT2D eigenvalue weighted by Crippen LogP contribution is -2.24. The van der Waals surface area contributed by atoms with Gasteiger partial charge in [-0.15, -0.1) is 5.11 Å². The van der Waals surface area contributed by atoms with Gasteiger partial charge >= 0.3 is 5.69 Å². The lowest BCUT2D eigenvalue weighted by atomic mass is 10.1. The third kappa shape index (κ3) is 5.82. The molecule has 174 valence electrons. The van der Waals surface area contributed by atoms with Crippen molar-refractivity contribution in [3.63, 3.8) is 0 Å². The van der Waals surface area contributed by atoms with Gasteiger partial charge in [0, 0.05) is 17.0 Å². The first-order valence-electron chi connectivity index (χ1n) is 10.4. The van der Waals surface area contributed by atoms with Gasteiger partial charge in [0.2, 0.25) is 0 Å². The Balaban J connectivity index is 1.40. The van der Waals surface area contributed by atoms with E-state index < -0.39 is 17.4 Å². The second-order valence-electron chi connectivity index (χ2n) is 7.25. The number of fused-ring (bicyclic) bond motifs is 1. The topological polar surface area (TPSA) is 139 Å². The number of phenolic OH excluding ortho intramolecular Hbond substituents is 1. The first-order chi connectivity index (χ1) is 17.0. The van der Waals surface area contributed by atoms with Crippen LogP contribution in [0.25, 0.3) is 10.8 Å². The van der Waals surface area contributed by atoms with E-state index in [-0.39, 0.29) is 17.2 Å². The molecule has 0 aliphatic carbocycles. The number of benzene rings is 4. The number of azo groups is 1. The third-order valence-electron chi connectivity index (χ3n) is 4.86. The van der Waals surface area contributed by atoms with Crippen LogP contribution >= 0.6 is 0 Å². The first-order valence-corrected chi connectivity index (χ1v) is 10.4. The van der Waals surface area contributed by atoms with Crippen molar-refractivity contribution >= 4 is 40.0 Å². The monoisotopic (exact) mass is 469 g/mol. The number of nitrogens with one attached hydrogen (secondary N) is 1. The fraction of sp³-hybridized carbons (Fsp3) is 0.0400. The van der Waals surface area contributed by atoms with Crippen LogP contribution in [-0.2, 0) is 4.79 Å². The van der Waals surface area contributed by atoms with E-state index in [1.807, 2.05) is 42.5 Å². The lowest BCUT2D eigenvalue weighted by molar-refractivity contribution is -0.385. The molecule has 0 aromatic heterocycles. The van der Waals surface area contributed by atoms with Gasteiger partial charge in [0.1, 0.15) is 5.75 Å². The van der Waals surface area contributed by atoms with E-state index in [0.717, 1.165) is 10.8 Å². The van der Waals surface area contributed by atoms with Gasteiger partial charge in [-0.05, 0) is 35.7 Å². The second-order valence-corrected chi connectivity index (χ2v) is 7.25. The van der Waals surface area contributed by atoms with Crippen molar-refractivity contribution in [1.82, 2.24) is 5.43 Å². The van der Waals surface area contributed by atoms with Crippen molar-refractivity contribution in [2.75, 3.05) is 6.61 Å². The molecular weight excluding hydrogens is 450 g/mol. The molecule has 0 saturated carbocycles. The fourth-order valence-electron chi connectivity index (χ4n) is 3.19. The number of phenols is 1. The van der Waals surface area contributed by atoms with Crippen LogP contribution in [0.3, 0.4) is 0 Å². The molecule has 10 heteroatoms. The number of carbonyl (C=O) groups excluding carboxylic acids is 1.